The van der Waals surface area contributed by atoms with Crippen molar-refractivity contribution in [2.45, 2.75) is 11.8 Å². The number of alkyl halides is 3. The van der Waals surface area contributed by atoms with Gasteiger partial charge in [-0.05, 0) is 46.9 Å². The largest absolute Gasteiger partial charge is 0.507 e. The quantitative estimate of drug-likeness (QED) is 0.556. The Hall–Kier alpha value is -1.52. The lowest BCUT2D eigenvalue weighted by atomic mass is 9.86. The second-order valence-electron chi connectivity index (χ2n) is 5.20. The molecule has 0 aromatic heterocycles. The van der Waals surface area contributed by atoms with Crippen LogP contribution in [-0.2, 0) is 16.6 Å². The number of halogens is 5. The van der Waals surface area contributed by atoms with Crippen LogP contribution in [-0.4, -0.2) is 16.1 Å². The van der Waals surface area contributed by atoms with Gasteiger partial charge in [0.15, 0.2) is 5.60 Å². The highest BCUT2D eigenvalue weighted by Crippen LogP contribution is 2.47. The van der Waals surface area contributed by atoms with E-state index in [-0.39, 0.29) is 25.4 Å². The van der Waals surface area contributed by atoms with Crippen LogP contribution in [0, 0.1) is 3.57 Å². The molecule has 126 valence electrons. The Balaban J connectivity index is 2.24. The van der Waals surface area contributed by atoms with Gasteiger partial charge in [0, 0.05) is 25.4 Å². The molecule has 0 bridgehead atoms. The molecule has 0 saturated carbocycles. The van der Waals surface area contributed by atoms with Gasteiger partial charge in [-0.25, -0.2) is 0 Å². The first-order valence-corrected chi connectivity index (χ1v) is 7.95. The maximum Gasteiger partial charge on any atom is 0.417 e. The Morgan fingerprint density at radius 2 is 1.83 bits per heavy atom. The van der Waals surface area contributed by atoms with E-state index in [0.29, 0.717) is 0 Å². The molecule has 0 saturated heterocycles. The fourth-order valence-electron chi connectivity index (χ4n) is 2.61. The third-order valence-corrected chi connectivity index (χ3v) is 4.86. The monoisotopic (exact) mass is 469 g/mol. The van der Waals surface area contributed by atoms with Crippen LogP contribution >= 0.6 is 34.2 Å². The Bertz CT molecular complexity index is 872. The number of hydrogen-bond donors (Lipinski definition) is 3. The lowest BCUT2D eigenvalue weighted by molar-refractivity contribution is -0.138. The van der Waals surface area contributed by atoms with Crippen molar-refractivity contribution in [1.82, 2.24) is 0 Å². The predicted octanol–water partition coefficient (Wildman–Crippen LogP) is 3.86. The standard InChI is InChI=1S/C15H8ClF3INO3/c16-6-1-2-7(12(22)3-6)14(24)9-4-10(20)8(15(17,18)19)5-11(9)21-13(14)23/h1-5,22,24H,(H,21,23). The first kappa shape index (κ1) is 17.3. The third kappa shape index (κ3) is 2.52. The number of fused-ring (bicyclic) bond motifs is 1. The summed E-state index contributed by atoms with van der Waals surface area (Å²) >= 11 is 7.22. The number of nitrogens with one attached hydrogen (secondary N) is 1. The minimum atomic E-state index is -4.60. The summed E-state index contributed by atoms with van der Waals surface area (Å²) in [6.45, 7) is 0. The zero-order valence-electron chi connectivity index (χ0n) is 11.6. The van der Waals surface area contributed by atoms with E-state index in [1.807, 2.05) is 0 Å². The molecule has 2 aromatic rings. The van der Waals surface area contributed by atoms with E-state index in [1.54, 1.807) is 0 Å². The Kier molecular flexibility index (Phi) is 3.97. The minimum Gasteiger partial charge on any atom is -0.507 e. The fraction of sp³-hybridized carbons (Fsp3) is 0.133. The number of benzene rings is 2. The van der Waals surface area contributed by atoms with Gasteiger partial charge in [-0.1, -0.05) is 17.7 Å². The van der Waals surface area contributed by atoms with E-state index in [0.717, 1.165) is 18.2 Å². The second-order valence-corrected chi connectivity index (χ2v) is 6.80. The SMILES string of the molecule is O=C1Nc2cc(C(F)(F)F)c(I)cc2C1(O)c1ccc(Cl)cc1O. The third-order valence-electron chi connectivity index (χ3n) is 3.73. The molecule has 1 heterocycles. The van der Waals surface area contributed by atoms with E-state index in [4.69, 9.17) is 11.6 Å². The molecule has 1 amide bonds. The molecule has 24 heavy (non-hydrogen) atoms. The van der Waals surface area contributed by atoms with Gasteiger partial charge in [-0.3, -0.25) is 4.79 Å². The molecule has 2 aromatic carbocycles. The minimum absolute atomic E-state index is 0.0671. The number of aromatic hydroxyl groups is 1. The summed E-state index contributed by atoms with van der Waals surface area (Å²) in [7, 11) is 0. The molecule has 0 aliphatic carbocycles. The zero-order valence-corrected chi connectivity index (χ0v) is 14.5. The van der Waals surface area contributed by atoms with Gasteiger partial charge >= 0.3 is 6.18 Å². The molecule has 0 fully saturated rings. The van der Waals surface area contributed by atoms with Gasteiger partial charge in [-0.2, -0.15) is 13.2 Å². The van der Waals surface area contributed by atoms with Crippen molar-refractivity contribution in [2.24, 2.45) is 0 Å². The van der Waals surface area contributed by atoms with Gasteiger partial charge in [0.05, 0.1) is 5.56 Å². The van der Waals surface area contributed by atoms with Gasteiger partial charge in [-0.15, -0.1) is 0 Å². The topological polar surface area (TPSA) is 69.6 Å². The average molecular weight is 470 g/mol. The van der Waals surface area contributed by atoms with Gasteiger partial charge in [0.25, 0.3) is 5.91 Å². The molecule has 9 heteroatoms. The van der Waals surface area contributed by atoms with Crippen LogP contribution in [0.1, 0.15) is 16.7 Å². The van der Waals surface area contributed by atoms with E-state index in [9.17, 15) is 28.2 Å². The highest BCUT2D eigenvalue weighted by atomic mass is 127. The van der Waals surface area contributed by atoms with Gasteiger partial charge in [0.2, 0.25) is 0 Å². The molecule has 1 atom stereocenters. The summed E-state index contributed by atoms with van der Waals surface area (Å²) in [5.74, 6) is -1.40. The van der Waals surface area contributed by atoms with E-state index in [1.165, 1.54) is 34.7 Å². The molecular weight excluding hydrogens is 462 g/mol. The number of amides is 1. The molecule has 1 aliphatic heterocycles. The summed E-state index contributed by atoms with van der Waals surface area (Å²) in [6.07, 6.45) is -4.60. The fourth-order valence-corrected chi connectivity index (χ4v) is 3.55. The maximum absolute atomic E-state index is 13.0. The molecule has 4 nitrogen and oxygen atoms in total. The van der Waals surface area contributed by atoms with E-state index < -0.39 is 29.0 Å². The summed E-state index contributed by atoms with van der Waals surface area (Å²) in [4.78, 5) is 12.3. The summed E-state index contributed by atoms with van der Waals surface area (Å²) in [6, 6.07) is 5.57. The smallest absolute Gasteiger partial charge is 0.417 e. The van der Waals surface area contributed by atoms with Crippen molar-refractivity contribution in [3.05, 3.63) is 55.6 Å². The molecular formula is C15H8ClF3INO3. The summed E-state index contributed by atoms with van der Waals surface area (Å²) in [5.41, 5.74) is -3.63. The van der Waals surface area contributed by atoms with E-state index in [2.05, 4.69) is 5.32 Å². The van der Waals surface area contributed by atoms with Crippen molar-refractivity contribution < 1.29 is 28.2 Å². The van der Waals surface area contributed by atoms with Crippen LogP contribution in [0.25, 0.3) is 0 Å². The lowest BCUT2D eigenvalue weighted by Gasteiger charge is -2.23. The van der Waals surface area contributed by atoms with Crippen molar-refractivity contribution in [2.75, 3.05) is 5.32 Å². The molecule has 3 N–H and O–H groups in total. The maximum atomic E-state index is 13.0. The number of rotatable bonds is 1. The van der Waals surface area contributed by atoms with Crippen LogP contribution in [0.4, 0.5) is 18.9 Å². The number of phenolic OH excluding ortho intramolecular Hbond substituents is 1. The van der Waals surface area contributed by atoms with Crippen molar-refractivity contribution >= 4 is 45.8 Å². The molecule has 0 spiro atoms. The number of anilines is 1. The van der Waals surface area contributed by atoms with Gasteiger partial charge in [0.1, 0.15) is 5.75 Å². The molecule has 0 radical (unpaired) electrons. The highest BCUT2D eigenvalue weighted by molar-refractivity contribution is 14.1. The van der Waals surface area contributed by atoms with Crippen LogP contribution < -0.4 is 5.32 Å². The zero-order chi connectivity index (χ0) is 17.9. The second kappa shape index (κ2) is 5.50. The first-order valence-electron chi connectivity index (χ1n) is 6.49. The predicted molar refractivity (Wildman–Crippen MR) is 88.9 cm³/mol. The summed E-state index contributed by atoms with van der Waals surface area (Å²) < 4.78 is 38.8. The van der Waals surface area contributed by atoms with Crippen molar-refractivity contribution in [3.8, 4) is 5.75 Å². The number of phenols is 1. The van der Waals surface area contributed by atoms with Crippen LogP contribution in [0.2, 0.25) is 5.02 Å². The summed E-state index contributed by atoms with van der Waals surface area (Å²) in [5, 5.41) is 23.3. The van der Waals surface area contributed by atoms with E-state index >= 15 is 0 Å². The molecule has 1 aliphatic rings. The number of hydrogen-bond acceptors (Lipinski definition) is 3. The highest BCUT2D eigenvalue weighted by Gasteiger charge is 2.49. The van der Waals surface area contributed by atoms with Crippen LogP contribution in [0.5, 0.6) is 5.75 Å². The first-order chi connectivity index (χ1) is 11.0. The average Bonchev–Trinajstić information content (AvgIpc) is 2.69. The Morgan fingerprint density at radius 1 is 1.17 bits per heavy atom. The molecule has 3 rings (SSSR count). The Morgan fingerprint density at radius 3 is 2.42 bits per heavy atom. The normalized spacial score (nSPS) is 20.0. The Labute approximate surface area is 152 Å². The lowest BCUT2D eigenvalue weighted by Crippen LogP contribution is -2.35. The molecule has 1 unspecified atom stereocenters. The van der Waals surface area contributed by atoms with Crippen molar-refractivity contribution in [1.29, 1.82) is 0 Å². The van der Waals surface area contributed by atoms with Gasteiger partial charge < -0.3 is 15.5 Å². The van der Waals surface area contributed by atoms with Crippen LogP contribution in [0.15, 0.2) is 30.3 Å². The van der Waals surface area contributed by atoms with Crippen LogP contribution in [0.3, 0.4) is 0 Å². The number of aliphatic hydroxyl groups is 1. The number of carbonyl (C=O) groups is 1. The number of carbonyl (C=O) groups excluding carboxylic acids is 1. The van der Waals surface area contributed by atoms with Crippen molar-refractivity contribution in [3.63, 3.8) is 0 Å².